The van der Waals surface area contributed by atoms with Crippen LogP contribution in [-0.2, 0) is 22.6 Å². The molecule has 0 aromatic carbocycles. The number of nitrogens with zero attached hydrogens (tertiary/aromatic N) is 6. The molecule has 4 atom stereocenters. The van der Waals surface area contributed by atoms with Gasteiger partial charge in [0.05, 0.1) is 25.2 Å². The third-order valence-electron chi connectivity index (χ3n) is 5.89. The average molecular weight is 416 g/mol. The first-order valence-electron chi connectivity index (χ1n) is 9.72. The fourth-order valence-electron chi connectivity index (χ4n) is 4.34. The van der Waals surface area contributed by atoms with Crippen molar-refractivity contribution < 1.29 is 9.53 Å². The van der Waals surface area contributed by atoms with Crippen molar-refractivity contribution in [3.05, 3.63) is 66.2 Å². The van der Waals surface area contributed by atoms with E-state index in [0.29, 0.717) is 0 Å². The highest BCUT2D eigenvalue weighted by molar-refractivity contribution is 5.76. The minimum Gasteiger partial charge on any atom is -0.461 e. The Bertz CT molecular complexity index is 1360. The van der Waals surface area contributed by atoms with E-state index in [2.05, 4.69) is 0 Å². The highest BCUT2D eigenvalue weighted by Crippen LogP contribution is 2.22. The lowest BCUT2D eigenvalue weighted by molar-refractivity contribution is -0.147. The minimum absolute atomic E-state index is 0.148. The molecule has 3 aliphatic rings. The van der Waals surface area contributed by atoms with Crippen molar-refractivity contribution in [1.82, 2.24) is 27.9 Å². The zero-order chi connectivity index (χ0) is 21.3. The maximum atomic E-state index is 13.0. The van der Waals surface area contributed by atoms with E-state index in [1.807, 2.05) is 0 Å². The number of ether oxygens (including phenoxy) is 1. The largest absolute Gasteiger partial charge is 0.461 e. The lowest BCUT2D eigenvalue weighted by Gasteiger charge is -2.26. The number of rotatable bonds is 0. The van der Waals surface area contributed by atoms with E-state index < -0.39 is 46.9 Å². The van der Waals surface area contributed by atoms with Crippen molar-refractivity contribution in [2.75, 3.05) is 6.61 Å². The van der Waals surface area contributed by atoms with Crippen LogP contribution in [-0.4, -0.2) is 40.4 Å². The number of fused-ring (bicyclic) bond motifs is 2. The van der Waals surface area contributed by atoms with Crippen LogP contribution in [0.2, 0.25) is 0 Å². The Kier molecular flexibility index (Phi) is 3.82. The highest BCUT2D eigenvalue weighted by atomic mass is 16.5. The molecular formula is C18H20N6O6. The van der Waals surface area contributed by atoms with Gasteiger partial charge in [-0.2, -0.15) is 0 Å². The number of carbonyl (C=O) groups is 1. The standard InChI is InChI=1S/C18H20N6O6/c1-10-3-5-12-9-30-14(25)13-6-4-11(2)22-16(27)20(18(29)24(13)22)8-7-19-15(26)21(10)23(12)17(19)28/h3-6,10-13H,7-9H2,1-2H3. The van der Waals surface area contributed by atoms with Crippen LogP contribution in [0, 0.1) is 0 Å². The number of carbonyl (C=O) groups excluding carboxylic acids is 1. The first-order chi connectivity index (χ1) is 14.3. The zero-order valence-electron chi connectivity index (χ0n) is 16.4. The molecule has 2 aromatic rings. The van der Waals surface area contributed by atoms with E-state index in [4.69, 9.17) is 4.74 Å². The smallest absolute Gasteiger partial charge is 0.348 e. The Balaban J connectivity index is 1.74. The second-order valence-corrected chi connectivity index (χ2v) is 7.71. The summed E-state index contributed by atoms with van der Waals surface area (Å²) in [5.41, 5.74) is -2.43. The van der Waals surface area contributed by atoms with E-state index in [1.54, 1.807) is 32.1 Å². The topological polar surface area (TPSA) is 124 Å². The van der Waals surface area contributed by atoms with Crippen LogP contribution >= 0.6 is 0 Å². The molecule has 0 fully saturated rings. The fourth-order valence-corrected chi connectivity index (χ4v) is 4.34. The van der Waals surface area contributed by atoms with Crippen LogP contribution in [0.15, 0.2) is 43.5 Å². The molecular weight excluding hydrogens is 396 g/mol. The molecule has 5 rings (SSSR count). The summed E-state index contributed by atoms with van der Waals surface area (Å²) in [5, 5.41) is 0. The number of cyclic esters (lactones) is 1. The third-order valence-corrected chi connectivity index (χ3v) is 5.89. The summed E-state index contributed by atoms with van der Waals surface area (Å²) in [6.07, 6.45) is 6.69. The Morgan fingerprint density at radius 2 is 1.20 bits per heavy atom. The molecule has 12 heteroatoms. The van der Waals surface area contributed by atoms with Gasteiger partial charge in [-0.05, 0) is 13.8 Å². The van der Waals surface area contributed by atoms with Gasteiger partial charge in [0.15, 0.2) is 6.04 Å². The second-order valence-electron chi connectivity index (χ2n) is 7.71. The van der Waals surface area contributed by atoms with Gasteiger partial charge >= 0.3 is 28.7 Å². The predicted octanol–water partition coefficient (Wildman–Crippen LogP) is -1.46. The molecule has 0 radical (unpaired) electrons. The fraction of sp³-hybridized carbons (Fsp3) is 0.500. The third kappa shape index (κ3) is 2.30. The lowest BCUT2D eigenvalue weighted by atomic mass is 10.2. The lowest BCUT2D eigenvalue weighted by Crippen LogP contribution is -2.39. The highest BCUT2D eigenvalue weighted by Gasteiger charge is 2.34. The summed E-state index contributed by atoms with van der Waals surface area (Å²) in [6.45, 7) is 2.97. The Morgan fingerprint density at radius 3 is 1.83 bits per heavy atom. The molecule has 5 heterocycles. The summed E-state index contributed by atoms with van der Waals surface area (Å²) < 4.78 is 12.2. The average Bonchev–Trinajstić information content (AvgIpc) is 3.12. The molecule has 158 valence electrons. The van der Waals surface area contributed by atoms with E-state index >= 15 is 0 Å². The van der Waals surface area contributed by atoms with Crippen LogP contribution in [0.25, 0.3) is 0 Å². The van der Waals surface area contributed by atoms with Gasteiger partial charge in [-0.15, -0.1) is 0 Å². The van der Waals surface area contributed by atoms with E-state index in [9.17, 15) is 24.0 Å². The molecule has 0 N–H and O–H groups in total. The van der Waals surface area contributed by atoms with Crippen LogP contribution in [0.1, 0.15) is 38.0 Å². The molecule has 0 amide bonds. The summed E-state index contributed by atoms with van der Waals surface area (Å²) in [7, 11) is 0. The molecule has 4 bridgehead atoms. The zero-order valence-corrected chi connectivity index (χ0v) is 16.4. The maximum absolute atomic E-state index is 13.0. The van der Waals surface area contributed by atoms with E-state index in [1.165, 1.54) is 20.1 Å². The Labute approximate surface area is 168 Å². The summed E-state index contributed by atoms with van der Waals surface area (Å²) >= 11 is 0. The minimum atomic E-state index is -1.09. The van der Waals surface area contributed by atoms with E-state index in [0.717, 1.165) is 13.8 Å². The molecule has 12 nitrogen and oxygen atoms in total. The van der Waals surface area contributed by atoms with Crippen molar-refractivity contribution in [2.24, 2.45) is 0 Å². The Hall–Kier alpha value is -3.57. The van der Waals surface area contributed by atoms with Gasteiger partial charge in [0, 0.05) is 0 Å². The van der Waals surface area contributed by atoms with Crippen molar-refractivity contribution in [3.63, 3.8) is 0 Å². The molecule has 30 heavy (non-hydrogen) atoms. The quantitative estimate of drug-likeness (QED) is 0.382. The van der Waals surface area contributed by atoms with Gasteiger partial charge in [-0.1, -0.05) is 24.3 Å². The summed E-state index contributed by atoms with van der Waals surface area (Å²) in [5.74, 6) is -0.723. The van der Waals surface area contributed by atoms with Gasteiger partial charge in [0.25, 0.3) is 0 Å². The van der Waals surface area contributed by atoms with Gasteiger partial charge in [0.2, 0.25) is 0 Å². The summed E-state index contributed by atoms with van der Waals surface area (Å²) in [6, 6.07) is -2.55. The number of allylic oxidation sites excluding steroid dienone is 2. The first-order valence-corrected chi connectivity index (χ1v) is 9.72. The number of aromatic nitrogens is 6. The molecule has 2 aromatic heterocycles. The van der Waals surface area contributed by atoms with Gasteiger partial charge in [-0.3, -0.25) is 0 Å². The van der Waals surface area contributed by atoms with Crippen molar-refractivity contribution >= 4 is 5.97 Å². The van der Waals surface area contributed by atoms with Crippen LogP contribution in [0.4, 0.5) is 0 Å². The van der Waals surface area contributed by atoms with Crippen molar-refractivity contribution in [1.29, 1.82) is 0 Å². The van der Waals surface area contributed by atoms with Crippen molar-refractivity contribution in [2.45, 2.75) is 51.1 Å². The van der Waals surface area contributed by atoms with Crippen molar-refractivity contribution in [3.8, 4) is 0 Å². The maximum Gasteiger partial charge on any atom is 0.348 e. The second kappa shape index (κ2) is 6.21. The Morgan fingerprint density at radius 1 is 0.700 bits per heavy atom. The SMILES string of the molecule is CC1C=CC2COC(=O)C3C=CC(C)n4c(=O)n(c(=O)n43)CCn3c(=O)n1n2c3=O. The van der Waals surface area contributed by atoms with Crippen LogP contribution < -0.4 is 22.8 Å². The molecule has 0 saturated carbocycles. The molecule has 0 aliphatic carbocycles. The predicted molar refractivity (Wildman–Crippen MR) is 103 cm³/mol. The molecule has 3 aliphatic heterocycles. The molecule has 0 saturated heterocycles. The monoisotopic (exact) mass is 416 g/mol. The van der Waals surface area contributed by atoms with Crippen LogP contribution in [0.5, 0.6) is 0 Å². The van der Waals surface area contributed by atoms with Gasteiger partial charge in [-0.25, -0.2) is 51.8 Å². The molecule has 0 spiro atoms. The normalized spacial score (nSPS) is 27.2. The van der Waals surface area contributed by atoms with E-state index in [-0.39, 0.29) is 25.7 Å². The number of esters is 1. The number of hydrogen-bond donors (Lipinski definition) is 0. The first kappa shape index (κ1) is 18.5. The summed E-state index contributed by atoms with van der Waals surface area (Å²) in [4.78, 5) is 64.5. The van der Waals surface area contributed by atoms with Crippen LogP contribution in [0.3, 0.4) is 0 Å². The molecule has 4 unspecified atom stereocenters. The van der Waals surface area contributed by atoms with Gasteiger partial charge in [0.1, 0.15) is 12.6 Å². The van der Waals surface area contributed by atoms with Gasteiger partial charge < -0.3 is 4.74 Å². The number of hydrogen-bond acceptors (Lipinski definition) is 6.